The van der Waals surface area contributed by atoms with Crippen molar-refractivity contribution in [1.82, 2.24) is 9.97 Å². The fraction of sp³-hybridized carbons (Fsp3) is 0.267. The van der Waals surface area contributed by atoms with E-state index in [0.717, 1.165) is 34.0 Å². The highest BCUT2D eigenvalue weighted by atomic mass is 16.3. The number of hydrogen-bond donors (Lipinski definition) is 3. The Bertz CT molecular complexity index is 714. The van der Waals surface area contributed by atoms with Crippen molar-refractivity contribution in [3.8, 4) is 17.8 Å². The van der Waals surface area contributed by atoms with Crippen LogP contribution in [0.5, 0.6) is 11.8 Å². The lowest BCUT2D eigenvalue weighted by Crippen LogP contribution is -2.05. The molecule has 6 nitrogen and oxygen atoms in total. The summed E-state index contributed by atoms with van der Waals surface area (Å²) in [5.74, 6) is -0.535. The summed E-state index contributed by atoms with van der Waals surface area (Å²) < 4.78 is 0. The van der Waals surface area contributed by atoms with E-state index in [9.17, 15) is 15.5 Å². The molecular weight excluding hydrogens is 268 g/mol. The van der Waals surface area contributed by atoms with Crippen LogP contribution in [0.2, 0.25) is 0 Å². The molecule has 0 radical (unpaired) electrons. The fourth-order valence-electron chi connectivity index (χ4n) is 2.26. The molecule has 0 amide bonds. The third kappa shape index (κ3) is 2.58. The van der Waals surface area contributed by atoms with Gasteiger partial charge >= 0.3 is 0 Å². The Labute approximate surface area is 122 Å². The van der Waals surface area contributed by atoms with Gasteiger partial charge in [-0.2, -0.15) is 15.2 Å². The number of rotatable bonds is 2. The topological polar surface area (TPSA) is 102 Å². The summed E-state index contributed by atoms with van der Waals surface area (Å²) in [6.45, 7) is 7.56. The predicted molar refractivity (Wildman–Crippen MR) is 78.7 cm³/mol. The summed E-state index contributed by atoms with van der Waals surface area (Å²) in [7, 11) is 0. The van der Waals surface area contributed by atoms with Crippen molar-refractivity contribution in [1.29, 1.82) is 5.26 Å². The molecule has 1 aromatic carbocycles. The molecule has 1 heterocycles. The molecule has 0 saturated heterocycles. The van der Waals surface area contributed by atoms with Crippen LogP contribution in [0.1, 0.15) is 27.8 Å². The van der Waals surface area contributed by atoms with Gasteiger partial charge in [-0.1, -0.05) is 0 Å². The van der Waals surface area contributed by atoms with Gasteiger partial charge in [-0.25, -0.2) is 0 Å². The van der Waals surface area contributed by atoms with Crippen molar-refractivity contribution in [3.63, 3.8) is 0 Å². The maximum absolute atomic E-state index is 9.41. The first kappa shape index (κ1) is 14.6. The van der Waals surface area contributed by atoms with Crippen molar-refractivity contribution >= 4 is 11.6 Å². The van der Waals surface area contributed by atoms with Gasteiger partial charge in [0.2, 0.25) is 17.7 Å². The van der Waals surface area contributed by atoms with E-state index < -0.39 is 0 Å². The predicted octanol–water partition coefficient (Wildman–Crippen LogP) is 2.74. The highest BCUT2D eigenvalue weighted by Gasteiger charge is 2.15. The zero-order valence-corrected chi connectivity index (χ0v) is 12.3. The zero-order valence-electron chi connectivity index (χ0n) is 12.3. The Hall–Kier alpha value is -2.81. The highest BCUT2D eigenvalue weighted by molar-refractivity contribution is 5.70. The Morgan fingerprint density at radius 2 is 1.43 bits per heavy atom. The Morgan fingerprint density at radius 3 is 1.86 bits per heavy atom. The second-order valence-electron chi connectivity index (χ2n) is 4.89. The first-order valence-electron chi connectivity index (χ1n) is 6.39. The largest absolute Gasteiger partial charge is 0.493 e. The smallest absolute Gasteiger partial charge is 0.233 e. The van der Waals surface area contributed by atoms with Crippen LogP contribution in [0.15, 0.2) is 6.07 Å². The van der Waals surface area contributed by atoms with Gasteiger partial charge in [0.15, 0.2) is 0 Å². The van der Waals surface area contributed by atoms with Gasteiger partial charge in [0.05, 0.1) is 17.7 Å². The maximum atomic E-state index is 9.41. The minimum absolute atomic E-state index is 0.0993. The molecule has 1 aromatic heterocycles. The van der Waals surface area contributed by atoms with Crippen LogP contribution in [0.25, 0.3) is 0 Å². The first-order chi connectivity index (χ1) is 9.85. The van der Waals surface area contributed by atoms with E-state index in [4.69, 9.17) is 0 Å². The van der Waals surface area contributed by atoms with E-state index in [1.54, 1.807) is 0 Å². The zero-order chi connectivity index (χ0) is 15.7. The maximum Gasteiger partial charge on any atom is 0.233 e. The van der Waals surface area contributed by atoms with Crippen LogP contribution in [0, 0.1) is 39.0 Å². The van der Waals surface area contributed by atoms with Gasteiger partial charge in [-0.05, 0) is 49.9 Å². The number of nitrogens with zero attached hydrogens (tertiary/aromatic N) is 3. The van der Waals surface area contributed by atoms with Crippen molar-refractivity contribution in [2.75, 3.05) is 5.32 Å². The van der Waals surface area contributed by atoms with Gasteiger partial charge < -0.3 is 15.5 Å². The minimum Gasteiger partial charge on any atom is -0.493 e. The van der Waals surface area contributed by atoms with Crippen molar-refractivity contribution in [2.24, 2.45) is 0 Å². The first-order valence-corrected chi connectivity index (χ1v) is 6.39. The van der Waals surface area contributed by atoms with Crippen LogP contribution >= 0.6 is 0 Å². The van der Waals surface area contributed by atoms with Crippen LogP contribution in [0.3, 0.4) is 0 Å². The summed E-state index contributed by atoms with van der Waals surface area (Å²) >= 11 is 0. The van der Waals surface area contributed by atoms with Gasteiger partial charge in [0.1, 0.15) is 0 Å². The SMILES string of the molecule is Cc1c(C)c(Nc2nc(O)cc(O)n2)c(C)c(C)c1C#N. The number of nitrogens with one attached hydrogen (secondary N) is 1. The van der Waals surface area contributed by atoms with E-state index in [0.29, 0.717) is 5.56 Å². The molecule has 2 rings (SSSR count). The van der Waals surface area contributed by atoms with Gasteiger partial charge in [-0.3, -0.25) is 0 Å². The number of aromatic hydroxyl groups is 2. The lowest BCUT2D eigenvalue weighted by molar-refractivity contribution is 0.423. The second-order valence-corrected chi connectivity index (χ2v) is 4.89. The lowest BCUT2D eigenvalue weighted by Gasteiger charge is -2.18. The molecule has 3 N–H and O–H groups in total. The molecule has 0 fully saturated rings. The molecule has 0 spiro atoms. The standard InChI is InChI=1S/C15H16N4O2/c1-7-9(3)14(10(4)8(2)11(7)6-16)19-15-17-12(20)5-13(21)18-15/h5H,1-4H3,(H3,17,18,19,20,21). The van der Waals surface area contributed by atoms with E-state index in [-0.39, 0.29) is 17.7 Å². The lowest BCUT2D eigenvalue weighted by atomic mass is 9.93. The molecule has 21 heavy (non-hydrogen) atoms. The fourth-order valence-corrected chi connectivity index (χ4v) is 2.26. The molecule has 2 aromatic rings. The third-order valence-corrected chi connectivity index (χ3v) is 3.67. The van der Waals surface area contributed by atoms with E-state index in [2.05, 4.69) is 21.4 Å². The molecule has 0 unspecified atom stereocenters. The average Bonchev–Trinajstić information content (AvgIpc) is 2.41. The second kappa shape index (κ2) is 5.29. The third-order valence-electron chi connectivity index (χ3n) is 3.67. The van der Waals surface area contributed by atoms with Gasteiger partial charge in [-0.15, -0.1) is 0 Å². The Morgan fingerprint density at radius 1 is 0.952 bits per heavy atom. The van der Waals surface area contributed by atoms with Crippen molar-refractivity contribution < 1.29 is 10.2 Å². The van der Waals surface area contributed by atoms with Crippen molar-refractivity contribution in [3.05, 3.63) is 33.9 Å². The molecule has 0 atom stereocenters. The average molecular weight is 284 g/mol. The normalized spacial score (nSPS) is 10.2. The molecule has 0 saturated carbocycles. The highest BCUT2D eigenvalue weighted by Crippen LogP contribution is 2.32. The molecule has 0 aliphatic rings. The molecule has 0 aliphatic heterocycles. The summed E-state index contributed by atoms with van der Waals surface area (Å²) in [4.78, 5) is 7.64. The van der Waals surface area contributed by atoms with E-state index in [1.165, 1.54) is 0 Å². The minimum atomic E-state index is -0.317. The van der Waals surface area contributed by atoms with Crippen molar-refractivity contribution in [2.45, 2.75) is 27.7 Å². The summed E-state index contributed by atoms with van der Waals surface area (Å²) in [6, 6.07) is 3.27. The number of aromatic nitrogens is 2. The van der Waals surface area contributed by atoms with Gasteiger partial charge in [0.25, 0.3) is 0 Å². The summed E-state index contributed by atoms with van der Waals surface area (Å²) in [5, 5.41) is 31.1. The Kier molecular flexibility index (Phi) is 3.68. The monoisotopic (exact) mass is 284 g/mol. The van der Waals surface area contributed by atoms with E-state index in [1.807, 2.05) is 27.7 Å². The molecule has 108 valence electrons. The summed E-state index contributed by atoms with van der Waals surface area (Å²) in [6.07, 6.45) is 0. The quantitative estimate of drug-likeness (QED) is 0.783. The number of nitriles is 1. The van der Waals surface area contributed by atoms with Crippen LogP contribution in [-0.4, -0.2) is 20.2 Å². The molecule has 6 heteroatoms. The number of benzene rings is 1. The number of hydrogen-bond acceptors (Lipinski definition) is 6. The number of anilines is 2. The Balaban J connectivity index is 2.58. The summed E-state index contributed by atoms with van der Waals surface area (Å²) in [5.41, 5.74) is 5.01. The van der Waals surface area contributed by atoms with Gasteiger partial charge in [0, 0.05) is 5.69 Å². The van der Waals surface area contributed by atoms with Crippen LogP contribution in [0.4, 0.5) is 11.6 Å². The van der Waals surface area contributed by atoms with E-state index >= 15 is 0 Å². The van der Waals surface area contributed by atoms with Crippen LogP contribution in [-0.2, 0) is 0 Å². The molecule has 0 bridgehead atoms. The molecular formula is C15H16N4O2. The molecule has 0 aliphatic carbocycles. The van der Waals surface area contributed by atoms with Crippen LogP contribution < -0.4 is 5.32 Å².